The second kappa shape index (κ2) is 6.39. The summed E-state index contributed by atoms with van der Waals surface area (Å²) in [5.74, 6) is 4.57. The van der Waals surface area contributed by atoms with E-state index in [1.807, 2.05) is 0 Å². The van der Waals surface area contributed by atoms with Crippen LogP contribution in [0.1, 0.15) is 12.0 Å². The highest BCUT2D eigenvalue weighted by atomic mass is 32.2. The van der Waals surface area contributed by atoms with Crippen molar-refractivity contribution in [3.8, 4) is 11.8 Å². The number of nitrogens with one attached hydrogen (secondary N) is 2. The van der Waals surface area contributed by atoms with Crippen molar-refractivity contribution in [2.24, 2.45) is 0 Å². The number of sulfonamides is 1. The third-order valence-electron chi connectivity index (χ3n) is 2.45. The molecule has 1 aromatic heterocycles. The summed E-state index contributed by atoms with van der Waals surface area (Å²) in [5.41, 5.74) is 0.211. The Morgan fingerprint density at radius 1 is 1.38 bits per heavy atom. The highest BCUT2D eigenvalue weighted by Gasteiger charge is 2.17. The van der Waals surface area contributed by atoms with Gasteiger partial charge in [-0.05, 0) is 24.3 Å². The van der Waals surface area contributed by atoms with Crippen molar-refractivity contribution in [3.63, 3.8) is 0 Å². The highest BCUT2D eigenvalue weighted by Crippen LogP contribution is 2.19. The fourth-order valence-electron chi connectivity index (χ4n) is 1.49. The minimum Gasteiger partial charge on any atom is -0.395 e. The van der Waals surface area contributed by atoms with Crippen molar-refractivity contribution in [1.29, 1.82) is 0 Å². The molecule has 0 aliphatic carbocycles. The number of hydrogen-bond acceptors (Lipinski definition) is 4. The Hall–Kier alpha value is -2.37. The molecule has 3 N–H and O–H groups in total. The molecule has 6 nitrogen and oxygen atoms in total. The Balaban J connectivity index is 2.21. The van der Waals surface area contributed by atoms with Gasteiger partial charge in [0.1, 0.15) is 5.82 Å². The Kier molecular flexibility index (Phi) is 4.57. The van der Waals surface area contributed by atoms with Gasteiger partial charge < -0.3 is 5.11 Å². The van der Waals surface area contributed by atoms with Crippen molar-refractivity contribution in [3.05, 3.63) is 41.8 Å². The standard InChI is InChI=1S/C13H12FN3O3S/c14-11-9-10(3-1-2-8-18)4-5-12(11)17-21(19,20)13-6-7-15-16-13/h4-7,9,17-18H,2,8H2,(H,15,16). The molecule has 0 saturated carbocycles. The molecule has 2 rings (SSSR count). The number of aliphatic hydroxyl groups excluding tert-OH is 1. The van der Waals surface area contributed by atoms with Gasteiger partial charge in [-0.3, -0.25) is 9.82 Å². The summed E-state index contributed by atoms with van der Waals surface area (Å²) in [6, 6.07) is 5.15. The highest BCUT2D eigenvalue weighted by molar-refractivity contribution is 7.92. The number of aromatic nitrogens is 2. The second-order valence-electron chi connectivity index (χ2n) is 4.00. The lowest BCUT2D eigenvalue weighted by atomic mass is 10.2. The lowest BCUT2D eigenvalue weighted by Gasteiger charge is -2.07. The van der Waals surface area contributed by atoms with Crippen molar-refractivity contribution in [2.45, 2.75) is 11.4 Å². The maximum absolute atomic E-state index is 13.9. The van der Waals surface area contributed by atoms with Gasteiger partial charge in [-0.2, -0.15) is 13.5 Å². The lowest BCUT2D eigenvalue weighted by Crippen LogP contribution is -2.14. The van der Waals surface area contributed by atoms with Gasteiger partial charge in [0, 0.05) is 12.0 Å². The topological polar surface area (TPSA) is 95.1 Å². The number of nitrogens with zero attached hydrogens (tertiary/aromatic N) is 1. The van der Waals surface area contributed by atoms with Crippen LogP contribution in [0.25, 0.3) is 0 Å². The molecule has 21 heavy (non-hydrogen) atoms. The summed E-state index contributed by atoms with van der Waals surface area (Å²) in [4.78, 5) is 0. The molecular formula is C13H12FN3O3S. The molecule has 0 spiro atoms. The van der Waals surface area contributed by atoms with Gasteiger partial charge in [0.05, 0.1) is 18.5 Å². The molecule has 1 aromatic carbocycles. The maximum Gasteiger partial charge on any atom is 0.278 e. The second-order valence-corrected chi connectivity index (χ2v) is 5.65. The summed E-state index contributed by atoms with van der Waals surface area (Å²) in [6.07, 6.45) is 1.57. The minimum absolute atomic E-state index is 0.0719. The largest absolute Gasteiger partial charge is 0.395 e. The number of benzene rings is 1. The third-order valence-corrected chi connectivity index (χ3v) is 3.74. The van der Waals surface area contributed by atoms with E-state index in [1.165, 1.54) is 24.4 Å². The average molecular weight is 309 g/mol. The molecule has 110 valence electrons. The van der Waals surface area contributed by atoms with Crippen LogP contribution in [-0.4, -0.2) is 30.3 Å². The lowest BCUT2D eigenvalue weighted by molar-refractivity contribution is 0.305. The minimum atomic E-state index is -3.90. The molecule has 0 aliphatic heterocycles. The number of halogens is 1. The predicted molar refractivity (Wildman–Crippen MR) is 74.4 cm³/mol. The zero-order valence-corrected chi connectivity index (χ0v) is 11.6. The zero-order valence-electron chi connectivity index (χ0n) is 10.8. The Labute approximate surface area is 121 Å². The van der Waals surface area contributed by atoms with E-state index < -0.39 is 15.8 Å². The van der Waals surface area contributed by atoms with Crippen molar-refractivity contribution < 1.29 is 17.9 Å². The first-order valence-electron chi connectivity index (χ1n) is 5.94. The third kappa shape index (κ3) is 3.81. The van der Waals surface area contributed by atoms with Crippen molar-refractivity contribution in [1.82, 2.24) is 10.2 Å². The Morgan fingerprint density at radius 3 is 2.81 bits per heavy atom. The van der Waals surface area contributed by atoms with Gasteiger partial charge in [-0.25, -0.2) is 4.39 Å². The first-order chi connectivity index (χ1) is 10.0. The van der Waals surface area contributed by atoms with Crippen LogP contribution in [0.5, 0.6) is 0 Å². The van der Waals surface area contributed by atoms with E-state index in [9.17, 15) is 12.8 Å². The van der Waals surface area contributed by atoms with Gasteiger partial charge in [-0.15, -0.1) is 0 Å². The van der Waals surface area contributed by atoms with Crippen LogP contribution in [-0.2, 0) is 10.0 Å². The molecule has 0 fully saturated rings. The average Bonchev–Trinajstić information content (AvgIpc) is 2.97. The Morgan fingerprint density at radius 2 is 2.19 bits per heavy atom. The van der Waals surface area contributed by atoms with E-state index in [4.69, 9.17) is 5.11 Å². The molecule has 0 unspecified atom stereocenters. The monoisotopic (exact) mass is 309 g/mol. The molecule has 0 bridgehead atoms. The smallest absolute Gasteiger partial charge is 0.278 e. The molecule has 2 aromatic rings. The van der Waals surface area contributed by atoms with Crippen molar-refractivity contribution in [2.75, 3.05) is 11.3 Å². The number of hydrogen-bond donors (Lipinski definition) is 3. The van der Waals surface area contributed by atoms with Crippen LogP contribution in [0.4, 0.5) is 10.1 Å². The van der Waals surface area contributed by atoms with E-state index >= 15 is 0 Å². The van der Waals surface area contributed by atoms with Crippen LogP contribution in [0, 0.1) is 17.7 Å². The SMILES string of the molecule is O=S(=O)(Nc1ccc(C#CCCO)cc1F)c1ccn[nH]1. The quantitative estimate of drug-likeness (QED) is 0.737. The first-order valence-corrected chi connectivity index (χ1v) is 7.43. The molecule has 0 radical (unpaired) electrons. The zero-order chi connectivity index (χ0) is 15.3. The first kappa shape index (κ1) is 15.0. The van der Waals surface area contributed by atoms with Gasteiger partial charge in [-0.1, -0.05) is 11.8 Å². The van der Waals surface area contributed by atoms with Gasteiger partial charge in [0.25, 0.3) is 10.0 Å². The molecule has 8 heteroatoms. The van der Waals surface area contributed by atoms with Crippen molar-refractivity contribution >= 4 is 15.7 Å². The number of aromatic amines is 1. The van der Waals surface area contributed by atoms with E-state index in [2.05, 4.69) is 26.8 Å². The van der Waals surface area contributed by atoms with Crippen LogP contribution < -0.4 is 4.72 Å². The number of anilines is 1. The summed E-state index contributed by atoms with van der Waals surface area (Å²) >= 11 is 0. The van der Waals surface area contributed by atoms with E-state index in [0.29, 0.717) is 5.56 Å². The number of aliphatic hydroxyl groups is 1. The normalized spacial score (nSPS) is 10.8. The summed E-state index contributed by atoms with van der Waals surface area (Å²) in [7, 11) is -3.90. The van der Waals surface area contributed by atoms with E-state index in [-0.39, 0.29) is 23.7 Å². The molecule has 0 amide bonds. The summed E-state index contributed by atoms with van der Waals surface area (Å²) in [6.45, 7) is -0.0719. The van der Waals surface area contributed by atoms with Gasteiger partial charge >= 0.3 is 0 Å². The van der Waals surface area contributed by atoms with E-state index in [1.54, 1.807) is 0 Å². The molecule has 1 heterocycles. The molecular weight excluding hydrogens is 297 g/mol. The van der Waals surface area contributed by atoms with Crippen LogP contribution in [0.2, 0.25) is 0 Å². The molecule has 0 aliphatic rings. The number of H-pyrrole nitrogens is 1. The van der Waals surface area contributed by atoms with Gasteiger partial charge in [0.2, 0.25) is 0 Å². The summed E-state index contributed by atoms with van der Waals surface area (Å²) < 4.78 is 39.8. The maximum atomic E-state index is 13.9. The summed E-state index contributed by atoms with van der Waals surface area (Å²) in [5, 5.41) is 14.3. The Bertz CT molecular complexity index is 777. The fraction of sp³-hybridized carbons (Fsp3) is 0.154. The van der Waals surface area contributed by atoms with E-state index in [0.717, 1.165) is 6.07 Å². The van der Waals surface area contributed by atoms with Crippen LogP contribution in [0.3, 0.4) is 0 Å². The molecule has 0 atom stereocenters. The number of rotatable bonds is 4. The van der Waals surface area contributed by atoms with Gasteiger partial charge in [0.15, 0.2) is 5.03 Å². The predicted octanol–water partition coefficient (Wildman–Crippen LogP) is 1.08. The molecule has 0 saturated heterocycles. The van der Waals surface area contributed by atoms with Crippen LogP contribution in [0.15, 0.2) is 35.5 Å². The van der Waals surface area contributed by atoms with Crippen LogP contribution >= 0.6 is 0 Å². The fourth-order valence-corrected chi connectivity index (χ4v) is 2.47.